The summed E-state index contributed by atoms with van der Waals surface area (Å²) < 4.78 is 0. The number of rotatable bonds is 2. The Balaban J connectivity index is 2.95. The summed E-state index contributed by atoms with van der Waals surface area (Å²) in [7, 11) is 3.52. The van der Waals surface area contributed by atoms with E-state index >= 15 is 0 Å². The summed E-state index contributed by atoms with van der Waals surface area (Å²) in [5.74, 6) is 0.0688. The number of nitrogens with zero attached hydrogens (tertiary/aromatic N) is 1. The Morgan fingerprint density at radius 1 is 1.36 bits per heavy atom. The maximum atomic E-state index is 11.7. The zero-order valence-electron chi connectivity index (χ0n) is 8.62. The predicted molar refractivity (Wildman–Crippen MR) is 61.5 cm³/mol. The van der Waals surface area contributed by atoms with Crippen molar-refractivity contribution in [3.63, 3.8) is 0 Å². The van der Waals surface area contributed by atoms with Gasteiger partial charge in [-0.2, -0.15) is 0 Å². The number of hydrogen-bond acceptors (Lipinski definition) is 1. The molecular formula is C11H14BrNO. The van der Waals surface area contributed by atoms with Crippen LogP contribution in [0, 0.1) is 6.92 Å². The lowest BCUT2D eigenvalue weighted by Crippen LogP contribution is -2.25. The van der Waals surface area contributed by atoms with Crippen molar-refractivity contribution >= 4 is 21.8 Å². The van der Waals surface area contributed by atoms with E-state index in [1.807, 2.05) is 31.2 Å². The average molecular weight is 256 g/mol. The largest absolute Gasteiger partial charge is 0.348 e. The second kappa shape index (κ2) is 4.60. The maximum Gasteiger partial charge on any atom is 0.240 e. The summed E-state index contributed by atoms with van der Waals surface area (Å²) in [6.45, 7) is 2.01. The van der Waals surface area contributed by atoms with Gasteiger partial charge in [-0.1, -0.05) is 40.2 Å². The first-order valence-corrected chi connectivity index (χ1v) is 5.36. The Bertz CT molecular complexity index is 336. The minimum Gasteiger partial charge on any atom is -0.348 e. The third-order valence-electron chi connectivity index (χ3n) is 2.12. The molecule has 0 fully saturated rings. The Hall–Kier alpha value is -0.830. The first-order chi connectivity index (χ1) is 6.54. The Morgan fingerprint density at radius 3 is 2.43 bits per heavy atom. The lowest BCUT2D eigenvalue weighted by molar-refractivity contribution is -0.128. The van der Waals surface area contributed by atoms with E-state index < -0.39 is 0 Å². The van der Waals surface area contributed by atoms with E-state index in [2.05, 4.69) is 15.9 Å². The molecule has 1 aromatic carbocycles. The molecule has 0 aliphatic rings. The summed E-state index contributed by atoms with van der Waals surface area (Å²) in [5.41, 5.74) is 2.16. The fourth-order valence-electron chi connectivity index (χ4n) is 1.23. The molecule has 14 heavy (non-hydrogen) atoms. The smallest absolute Gasteiger partial charge is 0.240 e. The second-order valence-electron chi connectivity index (χ2n) is 3.45. The van der Waals surface area contributed by atoms with Crippen LogP contribution >= 0.6 is 15.9 Å². The van der Waals surface area contributed by atoms with Gasteiger partial charge in [0.05, 0.1) is 0 Å². The summed E-state index contributed by atoms with van der Waals surface area (Å²) in [6, 6.07) is 7.89. The number of carbonyl (C=O) groups is 1. The Labute approximate surface area is 93.0 Å². The van der Waals surface area contributed by atoms with Gasteiger partial charge in [-0.05, 0) is 18.1 Å². The molecule has 1 atom stereocenters. The number of hydrogen-bond donors (Lipinski definition) is 0. The van der Waals surface area contributed by atoms with Crippen LogP contribution in [0.5, 0.6) is 0 Å². The van der Waals surface area contributed by atoms with Gasteiger partial charge in [0, 0.05) is 14.1 Å². The lowest BCUT2D eigenvalue weighted by atomic mass is 10.1. The van der Waals surface area contributed by atoms with Crippen molar-refractivity contribution in [2.75, 3.05) is 14.1 Å². The summed E-state index contributed by atoms with van der Waals surface area (Å²) >= 11 is 3.41. The van der Waals surface area contributed by atoms with Gasteiger partial charge in [-0.3, -0.25) is 4.79 Å². The van der Waals surface area contributed by atoms with Crippen LogP contribution < -0.4 is 0 Å². The SMILES string of the molecule is Cc1ccccc1C(Br)C(=O)N(C)C. The second-order valence-corrected chi connectivity index (χ2v) is 4.37. The van der Waals surface area contributed by atoms with E-state index in [9.17, 15) is 4.79 Å². The van der Waals surface area contributed by atoms with Gasteiger partial charge in [-0.15, -0.1) is 0 Å². The predicted octanol–water partition coefficient (Wildman–Crippen LogP) is 2.52. The van der Waals surface area contributed by atoms with Crippen LogP contribution in [0.2, 0.25) is 0 Å². The number of alkyl halides is 1. The Morgan fingerprint density at radius 2 is 1.93 bits per heavy atom. The molecule has 0 radical (unpaired) electrons. The summed E-state index contributed by atoms with van der Waals surface area (Å²) in [4.78, 5) is 13.0. The van der Waals surface area contributed by atoms with Crippen LogP contribution in [0.4, 0.5) is 0 Å². The van der Waals surface area contributed by atoms with Crippen LogP contribution in [-0.2, 0) is 4.79 Å². The molecule has 0 saturated heterocycles. The normalized spacial score (nSPS) is 12.3. The van der Waals surface area contributed by atoms with Crippen molar-refractivity contribution in [3.8, 4) is 0 Å². The van der Waals surface area contributed by atoms with Gasteiger partial charge in [-0.25, -0.2) is 0 Å². The number of aryl methyl sites for hydroxylation is 1. The molecule has 3 heteroatoms. The third-order valence-corrected chi connectivity index (χ3v) is 3.00. The van der Waals surface area contributed by atoms with E-state index in [-0.39, 0.29) is 10.7 Å². The molecule has 2 nitrogen and oxygen atoms in total. The summed E-state index contributed by atoms with van der Waals surface area (Å²) in [5, 5.41) is 0. The van der Waals surface area contributed by atoms with Gasteiger partial charge in [0.25, 0.3) is 0 Å². The fraction of sp³-hybridized carbons (Fsp3) is 0.364. The molecular weight excluding hydrogens is 242 g/mol. The molecule has 0 heterocycles. The maximum absolute atomic E-state index is 11.7. The molecule has 1 aromatic rings. The van der Waals surface area contributed by atoms with Crippen LogP contribution in [0.3, 0.4) is 0 Å². The van der Waals surface area contributed by atoms with Crippen LogP contribution in [0.1, 0.15) is 16.0 Å². The minimum atomic E-state index is -0.237. The van der Waals surface area contributed by atoms with E-state index in [0.717, 1.165) is 11.1 Å². The highest BCUT2D eigenvalue weighted by atomic mass is 79.9. The molecule has 0 N–H and O–H groups in total. The number of carbonyl (C=O) groups excluding carboxylic acids is 1. The molecule has 0 spiro atoms. The Kier molecular flexibility index (Phi) is 3.69. The minimum absolute atomic E-state index is 0.0688. The quantitative estimate of drug-likeness (QED) is 0.744. The third kappa shape index (κ3) is 2.35. The molecule has 0 aromatic heterocycles. The van der Waals surface area contributed by atoms with Crippen molar-refractivity contribution in [2.24, 2.45) is 0 Å². The van der Waals surface area contributed by atoms with Gasteiger partial charge in [0.1, 0.15) is 4.83 Å². The molecule has 0 bridgehead atoms. The van der Waals surface area contributed by atoms with E-state index in [1.165, 1.54) is 0 Å². The molecule has 0 aliphatic carbocycles. The highest BCUT2D eigenvalue weighted by molar-refractivity contribution is 9.09. The van der Waals surface area contributed by atoms with Crippen molar-refractivity contribution < 1.29 is 4.79 Å². The molecule has 1 unspecified atom stereocenters. The monoisotopic (exact) mass is 255 g/mol. The standard InChI is InChI=1S/C11H14BrNO/c1-8-6-4-5-7-9(8)10(12)11(14)13(2)3/h4-7,10H,1-3H3. The topological polar surface area (TPSA) is 20.3 Å². The average Bonchev–Trinajstić information content (AvgIpc) is 2.16. The van der Waals surface area contributed by atoms with E-state index in [0.29, 0.717) is 0 Å². The van der Waals surface area contributed by atoms with Crippen LogP contribution in [-0.4, -0.2) is 24.9 Å². The van der Waals surface area contributed by atoms with Gasteiger partial charge < -0.3 is 4.90 Å². The first-order valence-electron chi connectivity index (χ1n) is 4.45. The number of likely N-dealkylation sites (N-methyl/N-ethyl adjacent to an activating group) is 1. The van der Waals surface area contributed by atoms with E-state index in [1.54, 1.807) is 19.0 Å². The summed E-state index contributed by atoms with van der Waals surface area (Å²) in [6.07, 6.45) is 0. The number of amides is 1. The number of benzene rings is 1. The zero-order valence-corrected chi connectivity index (χ0v) is 10.2. The molecule has 1 rings (SSSR count). The molecule has 0 aliphatic heterocycles. The van der Waals surface area contributed by atoms with Crippen molar-refractivity contribution in [2.45, 2.75) is 11.8 Å². The lowest BCUT2D eigenvalue weighted by Gasteiger charge is -2.17. The molecule has 0 saturated carbocycles. The van der Waals surface area contributed by atoms with Gasteiger partial charge in [0.2, 0.25) is 5.91 Å². The van der Waals surface area contributed by atoms with E-state index in [4.69, 9.17) is 0 Å². The van der Waals surface area contributed by atoms with Crippen molar-refractivity contribution in [3.05, 3.63) is 35.4 Å². The first kappa shape index (κ1) is 11.2. The number of halogens is 1. The highest BCUT2D eigenvalue weighted by Gasteiger charge is 2.19. The molecule has 1 amide bonds. The van der Waals surface area contributed by atoms with Crippen molar-refractivity contribution in [1.82, 2.24) is 4.90 Å². The van der Waals surface area contributed by atoms with Crippen molar-refractivity contribution in [1.29, 1.82) is 0 Å². The van der Waals surface area contributed by atoms with Crippen LogP contribution in [0.15, 0.2) is 24.3 Å². The van der Waals surface area contributed by atoms with Gasteiger partial charge >= 0.3 is 0 Å². The zero-order chi connectivity index (χ0) is 10.7. The molecule has 76 valence electrons. The highest BCUT2D eigenvalue weighted by Crippen LogP contribution is 2.26. The fourth-order valence-corrected chi connectivity index (χ4v) is 2.15. The van der Waals surface area contributed by atoms with Gasteiger partial charge in [0.15, 0.2) is 0 Å². The van der Waals surface area contributed by atoms with Crippen LogP contribution in [0.25, 0.3) is 0 Å².